The number of rotatable bonds is 2. The Hall–Kier alpha value is -1.09. The molecule has 0 saturated carbocycles. The first kappa shape index (κ1) is 11.9. The zero-order valence-corrected chi connectivity index (χ0v) is 8.14. The standard InChI is InChI=1S/C9H11NO2.ClH/c1-2-12-9(11)7-5-3-4-6-8(7)10;/h3-7,10H,2H2,1H3;1H. The minimum Gasteiger partial charge on any atom is -0.465 e. The van der Waals surface area contributed by atoms with Gasteiger partial charge >= 0.3 is 5.97 Å². The number of halogens is 1. The molecule has 1 rings (SSSR count). The van der Waals surface area contributed by atoms with Crippen molar-refractivity contribution in [2.24, 2.45) is 5.92 Å². The molecule has 0 aromatic rings. The molecule has 72 valence electrons. The van der Waals surface area contributed by atoms with Gasteiger partial charge in [0.15, 0.2) is 0 Å². The molecule has 0 amide bonds. The van der Waals surface area contributed by atoms with Crippen LogP contribution in [0.4, 0.5) is 0 Å². The average Bonchev–Trinajstić information content (AvgIpc) is 2.05. The third-order valence-corrected chi connectivity index (χ3v) is 1.57. The van der Waals surface area contributed by atoms with E-state index in [0.717, 1.165) is 0 Å². The lowest BCUT2D eigenvalue weighted by molar-refractivity contribution is -0.144. The molecule has 1 aliphatic rings. The smallest absolute Gasteiger partial charge is 0.318 e. The fraction of sp³-hybridized carbons (Fsp3) is 0.333. The molecule has 0 radical (unpaired) electrons. The fourth-order valence-electron chi connectivity index (χ4n) is 0.979. The van der Waals surface area contributed by atoms with E-state index in [1.165, 1.54) is 0 Å². The molecule has 0 aliphatic heterocycles. The second-order valence-electron chi connectivity index (χ2n) is 2.43. The summed E-state index contributed by atoms with van der Waals surface area (Å²) in [5.41, 5.74) is 0.288. The molecular formula is C9H12ClNO2. The topological polar surface area (TPSA) is 50.2 Å². The van der Waals surface area contributed by atoms with Gasteiger partial charge in [0.25, 0.3) is 0 Å². The van der Waals surface area contributed by atoms with Gasteiger partial charge < -0.3 is 10.1 Å². The highest BCUT2D eigenvalue weighted by molar-refractivity contribution is 6.09. The number of hydrogen-bond acceptors (Lipinski definition) is 3. The van der Waals surface area contributed by atoms with Gasteiger partial charge in [-0.2, -0.15) is 0 Å². The second kappa shape index (κ2) is 5.54. The van der Waals surface area contributed by atoms with Crippen LogP contribution in [0.15, 0.2) is 24.3 Å². The third-order valence-electron chi connectivity index (χ3n) is 1.57. The van der Waals surface area contributed by atoms with Gasteiger partial charge in [-0.1, -0.05) is 18.2 Å². The number of nitrogens with one attached hydrogen (secondary N) is 1. The van der Waals surface area contributed by atoms with Crippen molar-refractivity contribution in [2.45, 2.75) is 6.92 Å². The molecule has 1 atom stereocenters. The van der Waals surface area contributed by atoms with Gasteiger partial charge in [-0.3, -0.25) is 4.79 Å². The number of carbonyl (C=O) groups excluding carboxylic acids is 1. The Balaban J connectivity index is 0.00000144. The van der Waals surface area contributed by atoms with Gasteiger partial charge in [-0.25, -0.2) is 0 Å². The van der Waals surface area contributed by atoms with Gasteiger partial charge in [-0.05, 0) is 13.0 Å². The van der Waals surface area contributed by atoms with Gasteiger partial charge in [0.1, 0.15) is 5.92 Å². The number of hydrogen-bond donors (Lipinski definition) is 1. The second-order valence-corrected chi connectivity index (χ2v) is 2.43. The van der Waals surface area contributed by atoms with Crippen LogP contribution in [0.3, 0.4) is 0 Å². The highest BCUT2D eigenvalue weighted by Crippen LogP contribution is 2.09. The van der Waals surface area contributed by atoms with Crippen molar-refractivity contribution in [3.05, 3.63) is 24.3 Å². The molecule has 0 aromatic carbocycles. The molecule has 1 unspecified atom stereocenters. The summed E-state index contributed by atoms with van der Waals surface area (Å²) >= 11 is 0. The Morgan fingerprint density at radius 2 is 2.31 bits per heavy atom. The largest absolute Gasteiger partial charge is 0.465 e. The van der Waals surface area contributed by atoms with E-state index < -0.39 is 5.92 Å². The number of carbonyl (C=O) groups is 1. The predicted octanol–water partition coefficient (Wildman–Crippen LogP) is 1.73. The maximum Gasteiger partial charge on any atom is 0.318 e. The summed E-state index contributed by atoms with van der Waals surface area (Å²) in [5, 5.41) is 7.42. The van der Waals surface area contributed by atoms with Crippen LogP contribution < -0.4 is 0 Å². The lowest BCUT2D eigenvalue weighted by Gasteiger charge is -2.11. The predicted molar refractivity (Wildman–Crippen MR) is 53.4 cm³/mol. The first-order valence-electron chi connectivity index (χ1n) is 3.85. The van der Waals surface area contributed by atoms with Gasteiger partial charge in [0, 0.05) is 5.71 Å². The van der Waals surface area contributed by atoms with Crippen LogP contribution in [0.25, 0.3) is 0 Å². The summed E-state index contributed by atoms with van der Waals surface area (Å²) in [5.74, 6) is -0.849. The molecule has 0 aromatic heterocycles. The summed E-state index contributed by atoms with van der Waals surface area (Å²) < 4.78 is 4.79. The summed E-state index contributed by atoms with van der Waals surface area (Å²) in [4.78, 5) is 11.2. The maximum atomic E-state index is 11.2. The molecule has 3 nitrogen and oxygen atoms in total. The Morgan fingerprint density at radius 3 is 2.85 bits per heavy atom. The van der Waals surface area contributed by atoms with E-state index in [2.05, 4.69) is 0 Å². The molecule has 1 aliphatic carbocycles. The minimum atomic E-state index is -0.505. The van der Waals surface area contributed by atoms with Gasteiger partial charge in [0.05, 0.1) is 6.61 Å². The Kier molecular flexibility index (Phi) is 5.07. The lowest BCUT2D eigenvalue weighted by Crippen LogP contribution is -2.23. The van der Waals surface area contributed by atoms with Crippen LogP contribution >= 0.6 is 12.4 Å². The van der Waals surface area contributed by atoms with Crippen LogP contribution in [-0.4, -0.2) is 18.3 Å². The van der Waals surface area contributed by atoms with Crippen molar-refractivity contribution in [3.63, 3.8) is 0 Å². The van der Waals surface area contributed by atoms with E-state index in [1.807, 2.05) is 0 Å². The zero-order chi connectivity index (χ0) is 8.97. The van der Waals surface area contributed by atoms with E-state index in [-0.39, 0.29) is 24.1 Å². The highest BCUT2D eigenvalue weighted by Gasteiger charge is 2.20. The quantitative estimate of drug-likeness (QED) is 0.692. The lowest BCUT2D eigenvalue weighted by atomic mass is 9.99. The molecule has 0 heterocycles. The number of esters is 1. The van der Waals surface area contributed by atoms with Crippen LogP contribution in [-0.2, 0) is 9.53 Å². The SMILES string of the molecule is CCOC(=O)C1C=CC=CC1=N.Cl. The van der Waals surface area contributed by atoms with Crippen molar-refractivity contribution in [2.75, 3.05) is 6.61 Å². The molecular weight excluding hydrogens is 190 g/mol. The number of ether oxygens (including phenoxy) is 1. The molecule has 4 heteroatoms. The van der Waals surface area contributed by atoms with Crippen LogP contribution in [0, 0.1) is 11.3 Å². The van der Waals surface area contributed by atoms with Crippen molar-refractivity contribution in [1.82, 2.24) is 0 Å². The van der Waals surface area contributed by atoms with Crippen LogP contribution in [0.1, 0.15) is 6.92 Å². The van der Waals surface area contributed by atoms with E-state index in [4.69, 9.17) is 10.1 Å². The zero-order valence-electron chi connectivity index (χ0n) is 7.32. The van der Waals surface area contributed by atoms with Crippen molar-refractivity contribution < 1.29 is 9.53 Å². The summed E-state index contributed by atoms with van der Waals surface area (Å²) in [6.45, 7) is 2.12. The third kappa shape index (κ3) is 3.03. The van der Waals surface area contributed by atoms with E-state index >= 15 is 0 Å². The first-order valence-corrected chi connectivity index (χ1v) is 3.85. The summed E-state index contributed by atoms with van der Waals surface area (Å²) in [7, 11) is 0. The van der Waals surface area contributed by atoms with E-state index in [0.29, 0.717) is 6.61 Å². The molecule has 13 heavy (non-hydrogen) atoms. The fourth-order valence-corrected chi connectivity index (χ4v) is 0.979. The van der Waals surface area contributed by atoms with Crippen molar-refractivity contribution >= 4 is 24.1 Å². The van der Waals surface area contributed by atoms with Crippen molar-refractivity contribution in [1.29, 1.82) is 5.41 Å². The molecule has 0 saturated heterocycles. The monoisotopic (exact) mass is 201 g/mol. The maximum absolute atomic E-state index is 11.2. The molecule has 0 bridgehead atoms. The Morgan fingerprint density at radius 1 is 1.62 bits per heavy atom. The Labute approximate surface area is 83.4 Å². The molecule has 0 fully saturated rings. The number of allylic oxidation sites excluding steroid dienone is 3. The molecule has 1 N–H and O–H groups in total. The first-order chi connectivity index (χ1) is 5.75. The van der Waals surface area contributed by atoms with E-state index in [1.54, 1.807) is 31.2 Å². The average molecular weight is 202 g/mol. The van der Waals surface area contributed by atoms with Gasteiger partial charge in [-0.15, -0.1) is 12.4 Å². The summed E-state index contributed by atoms with van der Waals surface area (Å²) in [6, 6.07) is 0. The highest BCUT2D eigenvalue weighted by atomic mass is 35.5. The minimum absolute atomic E-state index is 0. The molecule has 0 spiro atoms. The normalized spacial score (nSPS) is 19.5. The Bertz CT molecular complexity index is 258. The summed E-state index contributed by atoms with van der Waals surface area (Å²) in [6.07, 6.45) is 6.75. The van der Waals surface area contributed by atoms with E-state index in [9.17, 15) is 4.79 Å². The van der Waals surface area contributed by atoms with Crippen LogP contribution in [0.5, 0.6) is 0 Å². The van der Waals surface area contributed by atoms with Gasteiger partial charge in [0.2, 0.25) is 0 Å². The van der Waals surface area contributed by atoms with Crippen molar-refractivity contribution in [3.8, 4) is 0 Å². The van der Waals surface area contributed by atoms with Crippen LogP contribution in [0.2, 0.25) is 0 Å².